The lowest BCUT2D eigenvalue weighted by atomic mass is 9.92. The first kappa shape index (κ1) is 14.7. The van der Waals surface area contributed by atoms with Gasteiger partial charge in [0.25, 0.3) is 0 Å². The van der Waals surface area contributed by atoms with E-state index in [9.17, 15) is 18.8 Å². The minimum atomic E-state index is -1.08. The lowest BCUT2D eigenvalue weighted by Gasteiger charge is -2.10. The van der Waals surface area contributed by atoms with Gasteiger partial charge in [-0.05, 0) is 35.9 Å². The number of hydrogen-bond acceptors (Lipinski definition) is 3. The van der Waals surface area contributed by atoms with Crippen LogP contribution in [0.3, 0.4) is 0 Å². The second-order valence-corrected chi connectivity index (χ2v) is 4.33. The molecule has 0 aliphatic heterocycles. The van der Waals surface area contributed by atoms with Crippen molar-refractivity contribution in [3.05, 3.63) is 65.2 Å². The lowest BCUT2D eigenvalue weighted by Crippen LogP contribution is -2.11. The van der Waals surface area contributed by atoms with Crippen molar-refractivity contribution in [3.8, 4) is 11.8 Å². The van der Waals surface area contributed by atoms with Crippen LogP contribution < -0.4 is 4.74 Å². The topological polar surface area (TPSA) is 50.1 Å². The third-order valence-electron chi connectivity index (χ3n) is 3.03. The predicted octanol–water partition coefficient (Wildman–Crippen LogP) is 3.46. The molecule has 2 rings (SSSR count). The summed E-state index contributed by atoms with van der Waals surface area (Å²) >= 11 is 0. The molecule has 5 heteroatoms. The molecule has 0 aliphatic carbocycles. The van der Waals surface area contributed by atoms with Gasteiger partial charge in [0, 0.05) is 5.56 Å². The number of halogens is 2. The van der Waals surface area contributed by atoms with Gasteiger partial charge in [-0.15, -0.1) is 0 Å². The number of Topliss-reactive ketones (excluding diaryl/α,β-unsaturated/α-hetero) is 1. The summed E-state index contributed by atoms with van der Waals surface area (Å²) in [6.07, 6.45) is 0. The molecule has 2 aromatic carbocycles. The van der Waals surface area contributed by atoms with Crippen LogP contribution in [-0.4, -0.2) is 12.9 Å². The normalized spacial score (nSPS) is 11.5. The molecular weight excluding hydrogens is 276 g/mol. The summed E-state index contributed by atoms with van der Waals surface area (Å²) in [5, 5.41) is 9.19. The van der Waals surface area contributed by atoms with Crippen molar-refractivity contribution in [3.63, 3.8) is 0 Å². The highest BCUT2D eigenvalue weighted by molar-refractivity contribution is 6.03. The van der Waals surface area contributed by atoms with Crippen LogP contribution in [-0.2, 0) is 0 Å². The fourth-order valence-electron chi connectivity index (χ4n) is 1.92. The quantitative estimate of drug-likeness (QED) is 0.809. The number of carbonyl (C=O) groups is 1. The van der Waals surface area contributed by atoms with Crippen LogP contribution in [0.2, 0.25) is 0 Å². The van der Waals surface area contributed by atoms with Crippen molar-refractivity contribution < 1.29 is 18.3 Å². The van der Waals surface area contributed by atoms with Gasteiger partial charge in [0.15, 0.2) is 17.3 Å². The molecular formula is C16H11F2NO2. The van der Waals surface area contributed by atoms with E-state index < -0.39 is 23.3 Å². The summed E-state index contributed by atoms with van der Waals surface area (Å²) < 4.78 is 31.0. The molecule has 21 heavy (non-hydrogen) atoms. The largest absolute Gasteiger partial charge is 0.494 e. The first-order valence-electron chi connectivity index (χ1n) is 6.09. The maximum Gasteiger partial charge on any atom is 0.184 e. The third kappa shape index (κ3) is 3.06. The molecule has 0 heterocycles. The van der Waals surface area contributed by atoms with E-state index in [0.717, 1.165) is 6.07 Å². The van der Waals surface area contributed by atoms with E-state index in [2.05, 4.69) is 0 Å². The Balaban J connectivity index is 2.37. The van der Waals surface area contributed by atoms with Crippen LogP contribution >= 0.6 is 0 Å². The van der Waals surface area contributed by atoms with E-state index in [1.807, 2.05) is 6.07 Å². The molecule has 0 amide bonds. The molecule has 1 atom stereocenters. The summed E-state index contributed by atoms with van der Waals surface area (Å²) in [5.41, 5.74) is 0.538. The van der Waals surface area contributed by atoms with Crippen LogP contribution in [0.15, 0.2) is 42.5 Å². The average molecular weight is 287 g/mol. The van der Waals surface area contributed by atoms with Gasteiger partial charge in [0.2, 0.25) is 0 Å². The molecule has 0 saturated heterocycles. The maximum atomic E-state index is 13.3. The van der Waals surface area contributed by atoms with Gasteiger partial charge >= 0.3 is 0 Å². The van der Waals surface area contributed by atoms with Gasteiger partial charge in [-0.25, -0.2) is 8.78 Å². The summed E-state index contributed by atoms with van der Waals surface area (Å²) in [6.45, 7) is 0. The molecule has 0 aliphatic rings. The monoisotopic (exact) mass is 287 g/mol. The number of ether oxygens (including phenoxy) is 1. The van der Waals surface area contributed by atoms with Gasteiger partial charge in [-0.1, -0.05) is 12.1 Å². The smallest absolute Gasteiger partial charge is 0.184 e. The van der Waals surface area contributed by atoms with Crippen molar-refractivity contribution in [1.82, 2.24) is 0 Å². The summed E-state index contributed by atoms with van der Waals surface area (Å²) in [4.78, 5) is 12.3. The number of rotatable bonds is 4. The molecule has 3 nitrogen and oxygen atoms in total. The molecule has 106 valence electrons. The van der Waals surface area contributed by atoms with Crippen molar-refractivity contribution >= 4 is 5.78 Å². The molecule has 0 fully saturated rings. The van der Waals surface area contributed by atoms with Crippen molar-refractivity contribution in [2.75, 3.05) is 7.11 Å². The molecule has 0 bridgehead atoms. The molecule has 2 aromatic rings. The van der Waals surface area contributed by atoms with Crippen LogP contribution in [0.5, 0.6) is 5.75 Å². The highest BCUT2D eigenvalue weighted by atomic mass is 19.1. The Bertz CT molecular complexity index is 705. The van der Waals surface area contributed by atoms with E-state index in [-0.39, 0.29) is 11.3 Å². The minimum Gasteiger partial charge on any atom is -0.494 e. The Morgan fingerprint density at radius 2 is 1.86 bits per heavy atom. The maximum absolute atomic E-state index is 13.3. The van der Waals surface area contributed by atoms with Gasteiger partial charge in [-0.2, -0.15) is 5.26 Å². The first-order valence-corrected chi connectivity index (χ1v) is 6.09. The van der Waals surface area contributed by atoms with E-state index >= 15 is 0 Å². The van der Waals surface area contributed by atoms with E-state index in [1.165, 1.54) is 43.5 Å². The molecule has 0 saturated carbocycles. The number of carbonyl (C=O) groups excluding carboxylic acids is 1. The average Bonchev–Trinajstić information content (AvgIpc) is 2.50. The van der Waals surface area contributed by atoms with Gasteiger partial charge in [0.05, 0.1) is 13.2 Å². The number of methoxy groups -OCH3 is 1. The van der Waals surface area contributed by atoms with Gasteiger partial charge in [0.1, 0.15) is 11.7 Å². The number of ketones is 1. The Kier molecular flexibility index (Phi) is 4.29. The van der Waals surface area contributed by atoms with Crippen LogP contribution in [0.25, 0.3) is 0 Å². The number of nitriles is 1. The fraction of sp³-hybridized carbons (Fsp3) is 0.125. The Hall–Kier alpha value is -2.74. The zero-order valence-corrected chi connectivity index (χ0v) is 11.1. The highest BCUT2D eigenvalue weighted by Gasteiger charge is 2.22. The zero-order valence-electron chi connectivity index (χ0n) is 11.1. The van der Waals surface area contributed by atoms with E-state index in [1.54, 1.807) is 0 Å². The zero-order chi connectivity index (χ0) is 15.4. The Morgan fingerprint density at radius 1 is 1.19 bits per heavy atom. The minimum absolute atomic E-state index is 0.0726. The van der Waals surface area contributed by atoms with Gasteiger partial charge < -0.3 is 4.74 Å². The summed E-state index contributed by atoms with van der Waals surface area (Å²) in [7, 11) is 1.29. The van der Waals surface area contributed by atoms with Gasteiger partial charge in [-0.3, -0.25) is 4.79 Å². The van der Waals surface area contributed by atoms with Crippen LogP contribution in [0, 0.1) is 23.0 Å². The highest BCUT2D eigenvalue weighted by Crippen LogP contribution is 2.24. The van der Waals surface area contributed by atoms with Crippen molar-refractivity contribution in [2.45, 2.75) is 5.92 Å². The Labute approximate surface area is 120 Å². The number of hydrogen-bond donors (Lipinski definition) is 0. The fourth-order valence-corrected chi connectivity index (χ4v) is 1.92. The van der Waals surface area contributed by atoms with Crippen LogP contribution in [0.1, 0.15) is 21.8 Å². The van der Waals surface area contributed by atoms with Crippen molar-refractivity contribution in [2.24, 2.45) is 0 Å². The standard InChI is InChI=1S/C16H11F2NO2/c1-21-15-8-11(4-7-14(15)18)16(20)13(9-19)10-2-5-12(17)6-3-10/h2-8,13H,1H3. The second-order valence-electron chi connectivity index (χ2n) is 4.33. The number of nitrogens with zero attached hydrogens (tertiary/aromatic N) is 1. The predicted molar refractivity (Wildman–Crippen MR) is 72.0 cm³/mol. The molecule has 0 N–H and O–H groups in total. The third-order valence-corrected chi connectivity index (χ3v) is 3.03. The molecule has 0 radical (unpaired) electrons. The van der Waals surface area contributed by atoms with Crippen molar-refractivity contribution in [1.29, 1.82) is 5.26 Å². The van der Waals surface area contributed by atoms with E-state index in [0.29, 0.717) is 5.56 Å². The first-order chi connectivity index (χ1) is 10.1. The SMILES string of the molecule is COc1cc(C(=O)C(C#N)c2ccc(F)cc2)ccc1F. The molecule has 1 unspecified atom stereocenters. The Morgan fingerprint density at radius 3 is 2.43 bits per heavy atom. The molecule has 0 spiro atoms. The number of benzene rings is 2. The second kappa shape index (κ2) is 6.14. The lowest BCUT2D eigenvalue weighted by molar-refractivity contribution is 0.0978. The van der Waals surface area contributed by atoms with Crippen LogP contribution in [0.4, 0.5) is 8.78 Å². The summed E-state index contributed by atoms with van der Waals surface area (Å²) in [6, 6.07) is 10.6. The summed E-state index contributed by atoms with van der Waals surface area (Å²) in [5.74, 6) is -2.70. The molecule has 0 aromatic heterocycles. The van der Waals surface area contributed by atoms with E-state index in [4.69, 9.17) is 4.74 Å².